The monoisotopic (exact) mass is 421 g/mol. The molecule has 0 bridgehead atoms. The second-order valence-corrected chi connectivity index (χ2v) is 7.40. The molecule has 1 saturated heterocycles. The molecular weight excluding hydrogens is 398 g/mol. The first kappa shape index (κ1) is 21.3. The van der Waals surface area contributed by atoms with E-state index in [-0.39, 0.29) is 47.7 Å². The normalized spacial score (nSPS) is 16.9. The summed E-state index contributed by atoms with van der Waals surface area (Å²) in [6.45, 7) is 1.83. The van der Waals surface area contributed by atoms with Crippen molar-refractivity contribution >= 4 is 35.2 Å². The van der Waals surface area contributed by atoms with Crippen LogP contribution in [0.4, 0.5) is 0 Å². The molecule has 1 aromatic carbocycles. The third-order valence-corrected chi connectivity index (χ3v) is 5.49. The Hall–Kier alpha value is -2.45. The Morgan fingerprint density at radius 3 is 2.52 bits per heavy atom. The summed E-state index contributed by atoms with van der Waals surface area (Å²) in [5.41, 5.74) is 0.905. The number of carbonyl (C=O) groups excluding carboxylic acids is 4. The average Bonchev–Trinajstić information content (AvgIpc) is 2.98. The van der Waals surface area contributed by atoms with E-state index in [1.807, 2.05) is 0 Å². The third kappa shape index (κ3) is 4.59. The highest BCUT2D eigenvalue weighted by atomic mass is 35.5. The Kier molecular flexibility index (Phi) is 6.87. The second kappa shape index (κ2) is 9.37. The quantitative estimate of drug-likeness (QED) is 0.406. The number of piperidine rings is 1. The number of rotatable bonds is 7. The predicted octanol–water partition coefficient (Wildman–Crippen LogP) is 1.28. The van der Waals surface area contributed by atoms with Crippen LogP contribution in [0.15, 0.2) is 18.2 Å². The molecule has 0 aliphatic carbocycles. The van der Waals surface area contributed by atoms with Crippen molar-refractivity contribution in [3.05, 3.63) is 34.9 Å². The highest BCUT2D eigenvalue weighted by Gasteiger charge is 2.35. The van der Waals surface area contributed by atoms with E-state index < -0.39 is 0 Å². The molecule has 0 aromatic heterocycles. The van der Waals surface area contributed by atoms with Gasteiger partial charge in [-0.1, -0.05) is 0 Å². The number of amides is 4. The number of alkyl halides is 1. The Labute approximate surface area is 174 Å². The fourth-order valence-corrected chi connectivity index (χ4v) is 3.80. The van der Waals surface area contributed by atoms with Gasteiger partial charge in [0, 0.05) is 45.0 Å². The van der Waals surface area contributed by atoms with Gasteiger partial charge in [0.2, 0.25) is 5.91 Å². The first-order chi connectivity index (χ1) is 14.0. The summed E-state index contributed by atoms with van der Waals surface area (Å²) < 4.78 is 4.97. The van der Waals surface area contributed by atoms with Crippen LogP contribution in [-0.4, -0.2) is 78.7 Å². The van der Waals surface area contributed by atoms with E-state index in [4.69, 9.17) is 16.3 Å². The zero-order valence-electron chi connectivity index (χ0n) is 16.3. The molecule has 156 valence electrons. The lowest BCUT2D eigenvalue weighted by Gasteiger charge is -2.32. The molecule has 2 aliphatic rings. The number of ether oxygens (including phenoxy) is 1. The highest BCUT2D eigenvalue weighted by Crippen LogP contribution is 2.24. The number of imide groups is 1. The predicted molar refractivity (Wildman–Crippen MR) is 106 cm³/mol. The van der Waals surface area contributed by atoms with Crippen molar-refractivity contribution in [2.24, 2.45) is 0 Å². The molecule has 9 heteroatoms. The van der Waals surface area contributed by atoms with Crippen molar-refractivity contribution in [2.45, 2.75) is 25.3 Å². The lowest BCUT2D eigenvalue weighted by Crippen LogP contribution is -2.46. The summed E-state index contributed by atoms with van der Waals surface area (Å²) in [5, 5.41) is 2.95. The van der Waals surface area contributed by atoms with E-state index in [0.717, 1.165) is 0 Å². The number of hydrogen-bond donors (Lipinski definition) is 1. The number of nitrogens with zero attached hydrogens (tertiary/aromatic N) is 2. The first-order valence-corrected chi connectivity index (χ1v) is 10.1. The van der Waals surface area contributed by atoms with Gasteiger partial charge in [-0.15, -0.1) is 11.6 Å². The standard InChI is InChI=1S/C20H24ClN3O5/c1-29-10-2-7-24-19(27)15-4-3-13(11-16(15)20(24)28)18(26)22-14-5-8-23(9-6-14)17(25)12-21/h3-4,11,14H,2,5-10,12H2,1H3,(H,22,26). The van der Waals surface area contributed by atoms with Crippen LogP contribution in [0.1, 0.15) is 50.3 Å². The van der Waals surface area contributed by atoms with E-state index in [1.165, 1.54) is 17.0 Å². The van der Waals surface area contributed by atoms with E-state index >= 15 is 0 Å². The van der Waals surface area contributed by atoms with E-state index in [1.54, 1.807) is 18.1 Å². The van der Waals surface area contributed by atoms with Crippen LogP contribution in [0, 0.1) is 0 Å². The van der Waals surface area contributed by atoms with Crippen molar-refractivity contribution in [1.29, 1.82) is 0 Å². The van der Waals surface area contributed by atoms with Gasteiger partial charge in [0.1, 0.15) is 5.88 Å². The maximum atomic E-state index is 12.6. The van der Waals surface area contributed by atoms with Crippen molar-refractivity contribution in [3.63, 3.8) is 0 Å². The minimum Gasteiger partial charge on any atom is -0.385 e. The molecule has 1 N–H and O–H groups in total. The molecule has 0 unspecified atom stereocenters. The second-order valence-electron chi connectivity index (χ2n) is 7.13. The van der Waals surface area contributed by atoms with Gasteiger partial charge in [-0.25, -0.2) is 0 Å². The number of likely N-dealkylation sites (tertiary alicyclic amines) is 1. The van der Waals surface area contributed by atoms with Gasteiger partial charge in [0.25, 0.3) is 17.7 Å². The molecule has 0 atom stereocenters. The van der Waals surface area contributed by atoms with Crippen LogP contribution in [0.5, 0.6) is 0 Å². The molecule has 0 spiro atoms. The van der Waals surface area contributed by atoms with Gasteiger partial charge < -0.3 is 15.0 Å². The molecular formula is C20H24ClN3O5. The summed E-state index contributed by atoms with van der Waals surface area (Å²) in [5.74, 6) is -1.17. The number of carbonyl (C=O) groups is 4. The number of fused-ring (bicyclic) bond motifs is 1. The SMILES string of the molecule is COCCCN1C(=O)c2ccc(C(=O)NC3CCN(C(=O)CCl)CC3)cc2C1=O. The molecule has 2 heterocycles. The van der Waals surface area contributed by atoms with E-state index in [9.17, 15) is 19.2 Å². The highest BCUT2D eigenvalue weighted by molar-refractivity contribution is 6.27. The minimum absolute atomic E-state index is 0.0403. The molecule has 2 aliphatic heterocycles. The molecule has 8 nitrogen and oxygen atoms in total. The van der Waals surface area contributed by atoms with Gasteiger partial charge in [-0.2, -0.15) is 0 Å². The van der Waals surface area contributed by atoms with Gasteiger partial charge in [0.15, 0.2) is 0 Å². The smallest absolute Gasteiger partial charge is 0.261 e. The van der Waals surface area contributed by atoms with Crippen LogP contribution in [0.3, 0.4) is 0 Å². The Morgan fingerprint density at radius 2 is 1.86 bits per heavy atom. The summed E-state index contributed by atoms with van der Waals surface area (Å²) in [4.78, 5) is 52.1. The number of benzene rings is 1. The van der Waals surface area contributed by atoms with Crippen LogP contribution in [0.25, 0.3) is 0 Å². The van der Waals surface area contributed by atoms with Crippen LogP contribution < -0.4 is 5.32 Å². The largest absolute Gasteiger partial charge is 0.385 e. The summed E-state index contributed by atoms with van der Waals surface area (Å²) in [6, 6.07) is 4.51. The number of hydrogen-bond acceptors (Lipinski definition) is 5. The summed E-state index contributed by atoms with van der Waals surface area (Å²) >= 11 is 5.58. The zero-order valence-corrected chi connectivity index (χ0v) is 17.0. The molecule has 0 radical (unpaired) electrons. The van der Waals surface area contributed by atoms with E-state index in [2.05, 4.69) is 5.32 Å². The topological polar surface area (TPSA) is 96.0 Å². The lowest BCUT2D eigenvalue weighted by atomic mass is 10.0. The maximum Gasteiger partial charge on any atom is 0.261 e. The van der Waals surface area contributed by atoms with Gasteiger partial charge in [-0.05, 0) is 37.5 Å². The molecule has 29 heavy (non-hydrogen) atoms. The van der Waals surface area contributed by atoms with E-state index in [0.29, 0.717) is 50.1 Å². The van der Waals surface area contributed by atoms with Gasteiger partial charge >= 0.3 is 0 Å². The van der Waals surface area contributed by atoms with Gasteiger partial charge in [0.05, 0.1) is 11.1 Å². The first-order valence-electron chi connectivity index (χ1n) is 9.60. The molecule has 1 fully saturated rings. The molecule has 3 rings (SSSR count). The lowest BCUT2D eigenvalue weighted by molar-refractivity contribution is -0.129. The van der Waals surface area contributed by atoms with Crippen LogP contribution in [0.2, 0.25) is 0 Å². The third-order valence-electron chi connectivity index (χ3n) is 5.26. The zero-order chi connectivity index (χ0) is 21.0. The molecule has 4 amide bonds. The fraction of sp³-hybridized carbons (Fsp3) is 0.500. The Balaban J connectivity index is 1.62. The summed E-state index contributed by atoms with van der Waals surface area (Å²) in [7, 11) is 1.56. The Bertz CT molecular complexity index is 820. The van der Waals surface area contributed by atoms with Crippen LogP contribution in [-0.2, 0) is 9.53 Å². The fourth-order valence-electron chi connectivity index (χ4n) is 3.63. The van der Waals surface area contributed by atoms with Crippen molar-refractivity contribution in [2.75, 3.05) is 39.2 Å². The van der Waals surface area contributed by atoms with Gasteiger partial charge in [-0.3, -0.25) is 24.1 Å². The Morgan fingerprint density at radius 1 is 1.17 bits per heavy atom. The summed E-state index contributed by atoms with van der Waals surface area (Å²) in [6.07, 6.45) is 1.84. The maximum absolute atomic E-state index is 12.6. The number of methoxy groups -OCH3 is 1. The molecule has 0 saturated carbocycles. The van der Waals surface area contributed by atoms with Crippen molar-refractivity contribution in [3.8, 4) is 0 Å². The van der Waals surface area contributed by atoms with Crippen molar-refractivity contribution in [1.82, 2.24) is 15.1 Å². The number of halogens is 1. The molecule has 1 aromatic rings. The average molecular weight is 422 g/mol. The minimum atomic E-state index is -0.386. The van der Waals surface area contributed by atoms with Crippen LogP contribution >= 0.6 is 11.6 Å². The van der Waals surface area contributed by atoms with Crippen molar-refractivity contribution < 1.29 is 23.9 Å². The number of nitrogens with one attached hydrogen (secondary N) is 1.